The predicted molar refractivity (Wildman–Crippen MR) is 253 cm³/mol. The Hall–Kier alpha value is -3.60. The van der Waals surface area contributed by atoms with E-state index in [1.165, 1.54) is 7.11 Å². The zero-order chi connectivity index (χ0) is 45.8. The normalized spacial score (nSPS) is 26.5. The van der Waals surface area contributed by atoms with Crippen LogP contribution in [0.15, 0.2) is 120 Å². The molecule has 3 heterocycles. The minimum Gasteiger partial charge on any atom is -0.497 e. The summed E-state index contributed by atoms with van der Waals surface area (Å²) in [6, 6.07) is 38.3. The zero-order valence-corrected chi connectivity index (χ0v) is 40.8. The van der Waals surface area contributed by atoms with E-state index in [-0.39, 0.29) is 47.9 Å². The maximum Gasteiger partial charge on any atom is 0.305 e. The van der Waals surface area contributed by atoms with Crippen molar-refractivity contribution in [3.8, 4) is 5.75 Å². The van der Waals surface area contributed by atoms with Crippen LogP contribution in [0.1, 0.15) is 75.9 Å². The molecular formula is C52H68O11SSi. The van der Waals surface area contributed by atoms with Gasteiger partial charge in [0.2, 0.25) is 0 Å². The third kappa shape index (κ3) is 14.0. The smallest absolute Gasteiger partial charge is 0.305 e. The number of rotatable bonds is 20. The molecule has 3 saturated heterocycles. The number of esters is 1. The second-order valence-electron chi connectivity index (χ2n) is 18.6. The number of fused-ring (bicyclic) bond motifs is 1. The standard InChI is InChI=1S/C52H68O11SSi/c1-52(2,3)65(6,7)63-46-30-44-48(35-58-51(62-44)38-23-25-39(54-4)26-24-38)60-45(46)31-50(64-40-21-15-10-16-22-40)61-43-29-42(57-33-37-19-13-9-14-20-37)47(59-41(43)27-28-49(53)55-5)34-56-32-36-17-11-8-12-18-36/h8-26,41-48,50-51H,27-35H2,1-7H3/t41-,42-,43+,44+,45+,46-,47+,48-,50?,51-/m1/s1. The van der Waals surface area contributed by atoms with Gasteiger partial charge in [-0.05, 0) is 59.9 Å². The van der Waals surface area contributed by atoms with Gasteiger partial charge in [0.15, 0.2) is 14.6 Å². The number of thioether (sulfide) groups is 1. The van der Waals surface area contributed by atoms with Crippen LogP contribution in [0.3, 0.4) is 0 Å². The van der Waals surface area contributed by atoms with Crippen LogP contribution in [0, 0.1) is 0 Å². The highest BCUT2D eigenvalue weighted by molar-refractivity contribution is 7.99. The highest BCUT2D eigenvalue weighted by Gasteiger charge is 2.49. The van der Waals surface area contributed by atoms with Gasteiger partial charge in [0.1, 0.15) is 23.4 Å². The van der Waals surface area contributed by atoms with Gasteiger partial charge in [-0.3, -0.25) is 4.79 Å². The first kappa shape index (κ1) is 49.3. The molecule has 4 aromatic rings. The molecule has 0 saturated carbocycles. The molecule has 11 nitrogen and oxygen atoms in total. The topological polar surface area (TPSA) is 109 Å². The Kier molecular flexibility index (Phi) is 17.8. The van der Waals surface area contributed by atoms with Crippen LogP contribution in [0.2, 0.25) is 18.1 Å². The van der Waals surface area contributed by atoms with Crippen molar-refractivity contribution < 1.29 is 51.9 Å². The molecule has 0 spiro atoms. The molecule has 0 amide bonds. The number of hydrogen-bond donors (Lipinski definition) is 0. The zero-order valence-electron chi connectivity index (χ0n) is 39.0. The number of benzene rings is 4. The first-order chi connectivity index (χ1) is 31.4. The Morgan fingerprint density at radius 3 is 2.05 bits per heavy atom. The first-order valence-electron chi connectivity index (χ1n) is 23.0. The van der Waals surface area contributed by atoms with Crippen LogP contribution >= 0.6 is 11.8 Å². The number of carbonyl (C=O) groups is 1. The van der Waals surface area contributed by atoms with Gasteiger partial charge in [0, 0.05) is 36.1 Å². The molecule has 0 bridgehead atoms. The molecule has 4 aromatic carbocycles. The van der Waals surface area contributed by atoms with Crippen molar-refractivity contribution in [2.24, 2.45) is 0 Å². The lowest BCUT2D eigenvalue weighted by Crippen LogP contribution is -2.57. The number of methoxy groups -OCH3 is 2. The van der Waals surface area contributed by atoms with Gasteiger partial charge in [-0.25, -0.2) is 0 Å². The molecule has 0 aromatic heterocycles. The SMILES string of the molecule is COC(=O)CC[C@H]1O[C@@H](COCc2ccccc2)[C@H](OCc2ccccc2)C[C@@H]1OC(C[C@@H]1O[C@@H]2CO[C@@H](c3ccc(OC)cc3)O[C@H]2C[C@H]1O[Si](C)(C)C(C)(C)C)Sc1ccccc1. The van der Waals surface area contributed by atoms with Gasteiger partial charge in [0.05, 0.1) is 77.3 Å². The van der Waals surface area contributed by atoms with Crippen LogP contribution in [0.5, 0.6) is 5.75 Å². The van der Waals surface area contributed by atoms with Gasteiger partial charge in [-0.1, -0.05) is 124 Å². The van der Waals surface area contributed by atoms with Crippen molar-refractivity contribution in [1.82, 2.24) is 0 Å². The van der Waals surface area contributed by atoms with E-state index >= 15 is 0 Å². The fraction of sp³-hybridized carbons (Fsp3) is 0.519. The van der Waals surface area contributed by atoms with Gasteiger partial charge in [-0.15, -0.1) is 0 Å². The summed E-state index contributed by atoms with van der Waals surface area (Å²) in [7, 11) is 0.777. The van der Waals surface area contributed by atoms with Gasteiger partial charge >= 0.3 is 5.97 Å². The molecular weight excluding hydrogens is 861 g/mol. The van der Waals surface area contributed by atoms with E-state index < -0.39 is 38.4 Å². The third-order valence-corrected chi connectivity index (χ3v) is 18.6. The molecule has 3 aliphatic rings. The summed E-state index contributed by atoms with van der Waals surface area (Å²) in [5.74, 6) is 0.473. The molecule has 352 valence electrons. The summed E-state index contributed by atoms with van der Waals surface area (Å²) in [6.45, 7) is 12.9. The van der Waals surface area contributed by atoms with Gasteiger partial charge in [0.25, 0.3) is 0 Å². The van der Waals surface area contributed by atoms with Crippen LogP contribution in [-0.2, 0) is 60.3 Å². The Morgan fingerprint density at radius 2 is 1.40 bits per heavy atom. The average molecular weight is 929 g/mol. The summed E-state index contributed by atoms with van der Waals surface area (Å²) >= 11 is 1.65. The molecule has 10 atom stereocenters. The second kappa shape index (κ2) is 23.4. The molecule has 7 rings (SSSR count). The number of hydrogen-bond acceptors (Lipinski definition) is 12. The maximum atomic E-state index is 12.7. The Morgan fingerprint density at radius 1 is 0.738 bits per heavy atom. The van der Waals surface area contributed by atoms with E-state index in [9.17, 15) is 4.79 Å². The van der Waals surface area contributed by atoms with Crippen LogP contribution in [0.4, 0.5) is 0 Å². The number of carbonyl (C=O) groups excluding carboxylic acids is 1. The van der Waals surface area contributed by atoms with Gasteiger partial charge < -0.3 is 47.1 Å². The quantitative estimate of drug-likeness (QED) is 0.0364. The predicted octanol–water partition coefficient (Wildman–Crippen LogP) is 10.5. The lowest BCUT2D eigenvalue weighted by molar-refractivity contribution is -0.302. The van der Waals surface area contributed by atoms with E-state index in [1.54, 1.807) is 18.9 Å². The van der Waals surface area contributed by atoms with Crippen molar-refractivity contribution in [2.75, 3.05) is 27.4 Å². The summed E-state index contributed by atoms with van der Waals surface area (Å²) in [6.07, 6.45) is -1.02. The highest BCUT2D eigenvalue weighted by Crippen LogP contribution is 2.44. The maximum absolute atomic E-state index is 12.7. The minimum absolute atomic E-state index is 0.0341. The van der Waals surface area contributed by atoms with E-state index in [0.717, 1.165) is 27.3 Å². The first-order valence-corrected chi connectivity index (χ1v) is 26.8. The molecule has 0 aliphatic carbocycles. The molecule has 1 unspecified atom stereocenters. The lowest BCUT2D eigenvalue weighted by Gasteiger charge is -2.49. The van der Waals surface area contributed by atoms with Gasteiger partial charge in [-0.2, -0.15) is 0 Å². The lowest BCUT2D eigenvalue weighted by atomic mass is 9.94. The van der Waals surface area contributed by atoms with Crippen molar-refractivity contribution >= 4 is 26.0 Å². The van der Waals surface area contributed by atoms with Crippen LogP contribution < -0.4 is 4.74 Å². The van der Waals surface area contributed by atoms with Crippen molar-refractivity contribution in [3.63, 3.8) is 0 Å². The van der Waals surface area contributed by atoms with Crippen molar-refractivity contribution in [3.05, 3.63) is 132 Å². The number of ether oxygens (including phenoxy) is 9. The van der Waals surface area contributed by atoms with Crippen LogP contribution in [-0.4, -0.2) is 96.0 Å². The molecule has 0 N–H and O–H groups in total. The molecule has 3 aliphatic heterocycles. The molecule has 3 fully saturated rings. The Bertz CT molecular complexity index is 2020. The second-order valence-corrected chi connectivity index (χ2v) is 24.6. The van der Waals surface area contributed by atoms with E-state index in [4.69, 9.17) is 47.1 Å². The Labute approximate surface area is 391 Å². The highest BCUT2D eigenvalue weighted by atomic mass is 32.2. The van der Waals surface area contributed by atoms with Crippen molar-refractivity contribution in [2.45, 2.75) is 150 Å². The summed E-state index contributed by atoms with van der Waals surface area (Å²) in [5, 5.41) is -0.0341. The average Bonchev–Trinajstić information content (AvgIpc) is 3.31. The van der Waals surface area contributed by atoms with Crippen LogP contribution in [0.25, 0.3) is 0 Å². The summed E-state index contributed by atoms with van der Waals surface area (Å²) in [4.78, 5) is 13.7. The monoisotopic (exact) mass is 928 g/mol. The van der Waals surface area contributed by atoms with Crippen molar-refractivity contribution in [1.29, 1.82) is 0 Å². The Balaban J connectivity index is 1.15. The fourth-order valence-electron chi connectivity index (χ4n) is 8.25. The van der Waals surface area contributed by atoms with E-state index in [2.05, 4.69) is 58.1 Å². The summed E-state index contributed by atoms with van der Waals surface area (Å²) < 4.78 is 65.2. The fourth-order valence-corrected chi connectivity index (χ4v) is 10.7. The minimum atomic E-state index is -2.29. The van der Waals surface area contributed by atoms with E-state index in [0.29, 0.717) is 52.1 Å². The van der Waals surface area contributed by atoms with E-state index in [1.807, 2.05) is 91.0 Å². The molecule has 13 heteroatoms. The molecule has 65 heavy (non-hydrogen) atoms. The molecule has 0 radical (unpaired) electrons. The third-order valence-electron chi connectivity index (χ3n) is 13.0. The largest absolute Gasteiger partial charge is 0.497 e. The summed E-state index contributed by atoms with van der Waals surface area (Å²) in [5.41, 5.74) is 2.67.